The van der Waals surface area contributed by atoms with E-state index in [9.17, 15) is 28.8 Å². The lowest BCUT2D eigenvalue weighted by Gasteiger charge is -2.38. The zero-order chi connectivity index (χ0) is 35.7. The third-order valence-electron chi connectivity index (χ3n) is 10.7. The first kappa shape index (κ1) is 37.1. The van der Waals surface area contributed by atoms with E-state index in [4.69, 9.17) is 0 Å². The lowest BCUT2D eigenvalue weighted by molar-refractivity contribution is -0.145. The second-order valence-corrected chi connectivity index (χ2v) is 16.3. The van der Waals surface area contributed by atoms with Crippen molar-refractivity contribution in [2.75, 3.05) is 19.6 Å². The van der Waals surface area contributed by atoms with Gasteiger partial charge in [0, 0.05) is 31.8 Å². The number of hydrogen-bond donors (Lipinski definition) is 4. The van der Waals surface area contributed by atoms with Crippen LogP contribution in [0.15, 0.2) is 24.9 Å². The summed E-state index contributed by atoms with van der Waals surface area (Å²) >= 11 is 0. The zero-order valence-corrected chi connectivity index (χ0v) is 29.9. The van der Waals surface area contributed by atoms with Crippen LogP contribution in [0.5, 0.6) is 0 Å². The minimum atomic E-state index is -0.993. The smallest absolute Gasteiger partial charge is 0.315 e. The molecule has 2 aliphatic heterocycles. The fraction of sp³-hybridized carbons (Fsp3) is 0.722. The summed E-state index contributed by atoms with van der Waals surface area (Å²) in [6.07, 6.45) is 8.11. The van der Waals surface area contributed by atoms with Gasteiger partial charge >= 0.3 is 6.03 Å². The maximum atomic E-state index is 14.4. The van der Waals surface area contributed by atoms with Crippen LogP contribution in [0.1, 0.15) is 81.1 Å². The summed E-state index contributed by atoms with van der Waals surface area (Å²) in [5.74, 6) is -2.21. The number of amides is 6. The van der Waals surface area contributed by atoms with Crippen LogP contribution in [-0.4, -0.2) is 89.0 Å². The highest BCUT2D eigenvalue weighted by molar-refractivity contribution is 6.38. The Morgan fingerprint density at radius 2 is 1.75 bits per heavy atom. The van der Waals surface area contributed by atoms with Crippen LogP contribution in [0.4, 0.5) is 4.79 Å². The Kier molecular flexibility index (Phi) is 11.2. The molecule has 2 saturated carbocycles. The fourth-order valence-corrected chi connectivity index (χ4v) is 7.19. The third-order valence-corrected chi connectivity index (χ3v) is 10.7. The summed E-state index contributed by atoms with van der Waals surface area (Å²) in [5.41, 5.74) is -0.889. The molecule has 6 amide bonds. The van der Waals surface area contributed by atoms with E-state index in [0.717, 1.165) is 12.8 Å². The molecule has 12 nitrogen and oxygen atoms in total. The van der Waals surface area contributed by atoms with Crippen LogP contribution < -0.4 is 21.3 Å². The van der Waals surface area contributed by atoms with E-state index in [1.165, 1.54) is 6.08 Å². The van der Waals surface area contributed by atoms with Gasteiger partial charge in [-0.1, -0.05) is 80.4 Å². The number of carbonyl (C=O) groups excluding carboxylic acids is 6. The minimum Gasteiger partial charge on any atom is -0.346 e. The summed E-state index contributed by atoms with van der Waals surface area (Å²) in [7, 11) is 0. The maximum Gasteiger partial charge on any atom is 0.315 e. The van der Waals surface area contributed by atoms with Crippen molar-refractivity contribution in [1.29, 1.82) is 0 Å². The van der Waals surface area contributed by atoms with Crippen molar-refractivity contribution in [3.8, 4) is 0 Å². The van der Waals surface area contributed by atoms with E-state index in [0.29, 0.717) is 25.9 Å². The largest absolute Gasteiger partial charge is 0.346 e. The van der Waals surface area contributed by atoms with Crippen molar-refractivity contribution in [2.45, 2.75) is 105 Å². The fourth-order valence-electron chi connectivity index (χ4n) is 7.19. The van der Waals surface area contributed by atoms with E-state index >= 15 is 0 Å². The van der Waals surface area contributed by atoms with Crippen molar-refractivity contribution in [3.63, 3.8) is 0 Å². The predicted molar refractivity (Wildman–Crippen MR) is 182 cm³/mol. The highest BCUT2D eigenvalue weighted by Crippen LogP contribution is 2.65. The van der Waals surface area contributed by atoms with Crippen LogP contribution in [0.2, 0.25) is 0 Å². The Balaban J connectivity index is 1.50. The average molecular weight is 669 g/mol. The number of nitrogens with one attached hydrogen (secondary N) is 4. The first-order valence-corrected chi connectivity index (χ1v) is 17.5. The van der Waals surface area contributed by atoms with Crippen molar-refractivity contribution < 1.29 is 28.8 Å². The van der Waals surface area contributed by atoms with Crippen molar-refractivity contribution in [1.82, 2.24) is 31.1 Å². The number of ketones is 1. The first-order chi connectivity index (χ1) is 22.4. The van der Waals surface area contributed by atoms with Gasteiger partial charge in [-0.3, -0.25) is 24.0 Å². The molecule has 4 N–H and O–H groups in total. The molecule has 12 heteroatoms. The standard InChI is InChI=1S/C36H56N6O6/c1-10-15-37-31(45)28(43)24(17-22-13-14-22)38-30(44)27-26-23(36(26,8)9)18-42(27)33(47)29(35(5,6)7)40-34(48)39-25(20(2)3)19-41-16-11-12-21(4)32(41)46/h10-11,16,20-27,29H,1,12-15,17-19H2,2-9H3,(H,37,45)(H,38,44)(H2,39,40,48)/t21?,23?,24?,25-,26?,27+,29-/m1/s1. The summed E-state index contributed by atoms with van der Waals surface area (Å²) in [4.78, 5) is 83.6. The van der Waals surface area contributed by atoms with Gasteiger partial charge in [-0.05, 0) is 47.3 Å². The predicted octanol–water partition coefficient (Wildman–Crippen LogP) is 2.75. The number of hydrogen-bond acceptors (Lipinski definition) is 6. The quantitative estimate of drug-likeness (QED) is 0.165. The number of nitrogens with zero attached hydrogens (tertiary/aromatic N) is 2. The van der Waals surface area contributed by atoms with Gasteiger partial charge in [-0.25, -0.2) is 4.79 Å². The monoisotopic (exact) mass is 668 g/mol. The number of urea groups is 1. The molecule has 0 spiro atoms. The molecule has 2 aliphatic carbocycles. The lowest BCUT2D eigenvalue weighted by Crippen LogP contribution is -2.62. The molecule has 4 rings (SSSR count). The molecule has 266 valence electrons. The maximum absolute atomic E-state index is 14.4. The van der Waals surface area contributed by atoms with Gasteiger partial charge in [0.25, 0.3) is 5.91 Å². The molecule has 0 aromatic rings. The number of likely N-dealkylation sites (tertiary alicyclic amines) is 1. The highest BCUT2D eigenvalue weighted by atomic mass is 16.2. The molecule has 0 bridgehead atoms. The molecular weight excluding hydrogens is 612 g/mol. The van der Waals surface area contributed by atoms with Gasteiger partial charge in [0.2, 0.25) is 23.5 Å². The van der Waals surface area contributed by atoms with Crippen LogP contribution in [0.25, 0.3) is 0 Å². The Labute approximate surface area is 285 Å². The van der Waals surface area contributed by atoms with Crippen molar-refractivity contribution >= 4 is 35.4 Å². The van der Waals surface area contributed by atoms with Gasteiger partial charge in [0.05, 0.1) is 12.1 Å². The third kappa shape index (κ3) is 8.29. The van der Waals surface area contributed by atoms with Crippen LogP contribution in [0, 0.1) is 40.4 Å². The summed E-state index contributed by atoms with van der Waals surface area (Å²) in [6, 6.07) is -3.71. The number of rotatable bonds is 14. The molecule has 4 unspecified atom stereocenters. The number of allylic oxidation sites excluding steroid dienone is 1. The Morgan fingerprint density at radius 3 is 2.33 bits per heavy atom. The molecule has 0 radical (unpaired) electrons. The minimum absolute atomic E-state index is 0.00382. The number of carbonyl (C=O) groups is 6. The summed E-state index contributed by atoms with van der Waals surface area (Å²) < 4.78 is 0. The molecule has 0 aromatic carbocycles. The molecule has 1 saturated heterocycles. The van der Waals surface area contributed by atoms with E-state index in [1.54, 1.807) is 16.0 Å². The molecule has 0 aromatic heterocycles. The molecule has 48 heavy (non-hydrogen) atoms. The normalized spacial score (nSPS) is 26.2. The molecule has 4 aliphatic rings. The molecule has 7 atom stereocenters. The van der Waals surface area contributed by atoms with Gasteiger partial charge < -0.3 is 31.1 Å². The van der Waals surface area contributed by atoms with Crippen LogP contribution in [-0.2, 0) is 24.0 Å². The summed E-state index contributed by atoms with van der Waals surface area (Å²) in [5, 5.41) is 11.3. The number of piperidine rings is 1. The van der Waals surface area contributed by atoms with Gasteiger partial charge in [0.1, 0.15) is 12.1 Å². The van der Waals surface area contributed by atoms with Crippen LogP contribution >= 0.6 is 0 Å². The Hall–Kier alpha value is -3.70. The lowest BCUT2D eigenvalue weighted by atomic mass is 9.85. The van der Waals surface area contributed by atoms with Gasteiger partial charge in [0.15, 0.2) is 0 Å². The molecule has 3 fully saturated rings. The number of fused-ring (bicyclic) bond motifs is 1. The second kappa shape index (κ2) is 14.4. The van der Waals surface area contributed by atoms with E-state index in [2.05, 4.69) is 41.7 Å². The molecular formula is C36H56N6O6. The van der Waals surface area contributed by atoms with Crippen molar-refractivity contribution in [3.05, 3.63) is 24.9 Å². The van der Waals surface area contributed by atoms with Crippen molar-refractivity contribution in [2.24, 2.45) is 40.4 Å². The van der Waals surface area contributed by atoms with Crippen LogP contribution in [0.3, 0.4) is 0 Å². The Bertz CT molecular complexity index is 1330. The SMILES string of the molecule is C=CCNC(=O)C(=O)C(CC1CC1)NC(=O)[C@@H]1C2C(CN1C(=O)[C@@H](NC(=O)N[C@H](CN1C=CCC(C)C1=O)C(C)C)C(C)(C)C)C2(C)C. The topological polar surface area (TPSA) is 157 Å². The van der Waals surface area contributed by atoms with Gasteiger partial charge in [-0.15, -0.1) is 6.58 Å². The van der Waals surface area contributed by atoms with Gasteiger partial charge in [-0.2, -0.15) is 0 Å². The van der Waals surface area contributed by atoms with E-state index in [1.807, 2.05) is 47.6 Å². The second-order valence-electron chi connectivity index (χ2n) is 16.3. The number of Topliss-reactive ketones (excluding diaryl/α,β-unsaturated/α-hetero) is 1. The zero-order valence-electron chi connectivity index (χ0n) is 29.9. The first-order valence-electron chi connectivity index (χ1n) is 17.5. The summed E-state index contributed by atoms with van der Waals surface area (Å²) in [6.45, 7) is 19.9. The van der Waals surface area contributed by atoms with E-state index < -0.39 is 47.2 Å². The average Bonchev–Trinajstić information content (AvgIpc) is 3.86. The van der Waals surface area contributed by atoms with E-state index in [-0.39, 0.29) is 59.4 Å². The highest BCUT2D eigenvalue weighted by Gasteiger charge is 2.70. The Morgan fingerprint density at radius 1 is 1.08 bits per heavy atom. The molecule has 2 heterocycles.